The molecule has 2 rings (SSSR count). The van der Waals surface area contributed by atoms with Crippen LogP contribution in [0.5, 0.6) is 0 Å². The van der Waals surface area contributed by atoms with Crippen LogP contribution in [0.3, 0.4) is 0 Å². The molecule has 3 N–H and O–H groups in total. The highest BCUT2D eigenvalue weighted by atomic mass is 35.5. The standard InChI is InChI=1S/C14H21ClN2O/c1-10-7-11(9-12(15)8-10)14(17-16)5-4-13-3-2-6-18-13/h7-9,13-14,17H,2-6,16H2,1H3. The fraction of sp³-hybridized carbons (Fsp3) is 0.571. The van der Waals surface area contributed by atoms with Crippen LogP contribution in [0, 0.1) is 6.92 Å². The number of aryl methyl sites for hydroxylation is 1. The van der Waals surface area contributed by atoms with Crippen LogP contribution in [0.4, 0.5) is 0 Å². The van der Waals surface area contributed by atoms with Gasteiger partial charge in [0.15, 0.2) is 0 Å². The second kappa shape index (κ2) is 6.53. The van der Waals surface area contributed by atoms with Crippen molar-refractivity contribution in [2.75, 3.05) is 6.61 Å². The number of hydrogen-bond acceptors (Lipinski definition) is 3. The van der Waals surface area contributed by atoms with E-state index in [0.717, 1.165) is 35.6 Å². The highest BCUT2D eigenvalue weighted by Gasteiger charge is 2.18. The van der Waals surface area contributed by atoms with Crippen molar-refractivity contribution in [1.82, 2.24) is 5.43 Å². The van der Waals surface area contributed by atoms with Gasteiger partial charge in [0.05, 0.1) is 6.10 Å². The van der Waals surface area contributed by atoms with Crippen LogP contribution in [0.25, 0.3) is 0 Å². The van der Waals surface area contributed by atoms with E-state index in [1.54, 1.807) is 0 Å². The van der Waals surface area contributed by atoms with Gasteiger partial charge in [-0.1, -0.05) is 17.7 Å². The average molecular weight is 269 g/mol. The summed E-state index contributed by atoms with van der Waals surface area (Å²) < 4.78 is 5.64. The van der Waals surface area contributed by atoms with Crippen molar-refractivity contribution < 1.29 is 4.74 Å². The lowest BCUT2D eigenvalue weighted by Gasteiger charge is -2.19. The topological polar surface area (TPSA) is 47.3 Å². The van der Waals surface area contributed by atoms with Gasteiger partial charge in [0.25, 0.3) is 0 Å². The van der Waals surface area contributed by atoms with Gasteiger partial charge >= 0.3 is 0 Å². The first kappa shape index (κ1) is 13.8. The van der Waals surface area contributed by atoms with Gasteiger partial charge in [-0.15, -0.1) is 0 Å². The first-order chi connectivity index (χ1) is 8.69. The van der Waals surface area contributed by atoms with Crippen molar-refractivity contribution in [2.24, 2.45) is 5.84 Å². The lowest BCUT2D eigenvalue weighted by atomic mass is 9.98. The maximum Gasteiger partial charge on any atom is 0.0576 e. The highest BCUT2D eigenvalue weighted by molar-refractivity contribution is 6.30. The van der Waals surface area contributed by atoms with E-state index in [0.29, 0.717) is 6.10 Å². The minimum Gasteiger partial charge on any atom is -0.378 e. The number of nitrogens with two attached hydrogens (primary N) is 1. The molecule has 0 aromatic heterocycles. The smallest absolute Gasteiger partial charge is 0.0576 e. The Morgan fingerprint density at radius 2 is 2.33 bits per heavy atom. The molecular weight excluding hydrogens is 248 g/mol. The van der Waals surface area contributed by atoms with Crippen molar-refractivity contribution in [1.29, 1.82) is 0 Å². The number of nitrogens with one attached hydrogen (secondary N) is 1. The van der Waals surface area contributed by atoms with Crippen LogP contribution in [-0.2, 0) is 4.74 Å². The minimum atomic E-state index is 0.145. The number of hydrazine groups is 1. The Morgan fingerprint density at radius 3 is 2.94 bits per heavy atom. The molecule has 0 amide bonds. The molecule has 18 heavy (non-hydrogen) atoms. The number of hydrogen-bond donors (Lipinski definition) is 2. The van der Waals surface area contributed by atoms with E-state index in [1.807, 2.05) is 19.1 Å². The predicted molar refractivity (Wildman–Crippen MR) is 74.5 cm³/mol. The summed E-state index contributed by atoms with van der Waals surface area (Å²) in [7, 11) is 0. The van der Waals surface area contributed by atoms with E-state index < -0.39 is 0 Å². The zero-order valence-corrected chi connectivity index (χ0v) is 11.5. The molecule has 0 bridgehead atoms. The number of halogens is 1. The highest BCUT2D eigenvalue weighted by Crippen LogP contribution is 2.26. The molecule has 0 saturated carbocycles. The average Bonchev–Trinajstić information content (AvgIpc) is 2.81. The van der Waals surface area contributed by atoms with Crippen molar-refractivity contribution in [2.45, 2.75) is 44.8 Å². The lowest BCUT2D eigenvalue weighted by Crippen LogP contribution is -2.29. The third-order valence-corrected chi connectivity index (χ3v) is 3.69. The summed E-state index contributed by atoms with van der Waals surface area (Å²) in [6.45, 7) is 2.95. The van der Waals surface area contributed by atoms with Gasteiger partial charge in [-0.05, 0) is 55.9 Å². The third-order valence-electron chi connectivity index (χ3n) is 3.47. The molecule has 1 aromatic rings. The van der Waals surface area contributed by atoms with Crippen LogP contribution in [0.1, 0.15) is 42.9 Å². The van der Waals surface area contributed by atoms with Gasteiger partial charge in [-0.25, -0.2) is 0 Å². The third kappa shape index (κ3) is 3.69. The lowest BCUT2D eigenvalue weighted by molar-refractivity contribution is 0.0996. The van der Waals surface area contributed by atoms with Gasteiger partial charge < -0.3 is 4.74 Å². The zero-order valence-electron chi connectivity index (χ0n) is 10.8. The second-order valence-corrected chi connectivity index (χ2v) is 5.43. The van der Waals surface area contributed by atoms with Gasteiger partial charge in [0.1, 0.15) is 0 Å². The molecule has 1 fully saturated rings. The fourth-order valence-corrected chi connectivity index (χ4v) is 2.83. The Hall–Kier alpha value is -0.610. The molecule has 2 atom stereocenters. The van der Waals surface area contributed by atoms with Gasteiger partial charge in [0, 0.05) is 17.7 Å². The molecule has 2 unspecified atom stereocenters. The van der Waals surface area contributed by atoms with Gasteiger partial charge in [-0.3, -0.25) is 11.3 Å². The molecule has 1 heterocycles. The van der Waals surface area contributed by atoms with Gasteiger partial charge in [0.2, 0.25) is 0 Å². The van der Waals surface area contributed by atoms with Gasteiger partial charge in [-0.2, -0.15) is 0 Å². The summed E-state index contributed by atoms with van der Waals surface area (Å²) in [5, 5.41) is 0.766. The van der Waals surface area contributed by atoms with Crippen LogP contribution < -0.4 is 11.3 Å². The molecule has 4 heteroatoms. The zero-order chi connectivity index (χ0) is 13.0. The van der Waals surface area contributed by atoms with Crippen molar-refractivity contribution in [3.63, 3.8) is 0 Å². The second-order valence-electron chi connectivity index (χ2n) is 4.99. The summed E-state index contributed by atoms with van der Waals surface area (Å²) in [6.07, 6.45) is 4.77. The minimum absolute atomic E-state index is 0.145. The van der Waals surface area contributed by atoms with Crippen molar-refractivity contribution in [3.8, 4) is 0 Å². The molecule has 100 valence electrons. The number of benzene rings is 1. The first-order valence-electron chi connectivity index (χ1n) is 6.54. The van der Waals surface area contributed by atoms with E-state index in [2.05, 4.69) is 11.5 Å². The fourth-order valence-electron chi connectivity index (χ4n) is 2.54. The van der Waals surface area contributed by atoms with Crippen molar-refractivity contribution in [3.05, 3.63) is 34.3 Å². The summed E-state index contributed by atoms with van der Waals surface area (Å²) >= 11 is 6.09. The Kier molecular flexibility index (Phi) is 5.01. The molecule has 3 nitrogen and oxygen atoms in total. The molecule has 1 aliphatic rings. The summed E-state index contributed by atoms with van der Waals surface area (Å²) in [5.41, 5.74) is 5.20. The molecule has 0 spiro atoms. The monoisotopic (exact) mass is 268 g/mol. The summed E-state index contributed by atoms with van der Waals surface area (Å²) in [4.78, 5) is 0. The quantitative estimate of drug-likeness (QED) is 0.637. The Morgan fingerprint density at radius 1 is 1.50 bits per heavy atom. The largest absolute Gasteiger partial charge is 0.378 e. The Bertz CT molecular complexity index is 371. The molecule has 0 aliphatic carbocycles. The van der Waals surface area contributed by atoms with E-state index in [9.17, 15) is 0 Å². The number of ether oxygens (including phenoxy) is 1. The first-order valence-corrected chi connectivity index (χ1v) is 6.91. The summed E-state index contributed by atoms with van der Waals surface area (Å²) in [6, 6.07) is 6.21. The van der Waals surface area contributed by atoms with E-state index in [1.165, 1.54) is 12.8 Å². The van der Waals surface area contributed by atoms with Crippen molar-refractivity contribution >= 4 is 11.6 Å². The maximum atomic E-state index is 6.09. The predicted octanol–water partition coefficient (Wildman–Crippen LogP) is 3.11. The normalized spacial score (nSPS) is 21.2. The van der Waals surface area contributed by atoms with Crippen LogP contribution in [0.15, 0.2) is 18.2 Å². The maximum absolute atomic E-state index is 6.09. The Balaban J connectivity index is 1.98. The van der Waals surface area contributed by atoms with Crippen LogP contribution >= 0.6 is 11.6 Å². The molecule has 1 aliphatic heterocycles. The Labute approximate surface area is 114 Å². The molecule has 1 saturated heterocycles. The van der Waals surface area contributed by atoms with Crippen LogP contribution in [0.2, 0.25) is 5.02 Å². The SMILES string of the molecule is Cc1cc(Cl)cc(C(CCC2CCCO2)NN)c1. The molecular formula is C14H21ClN2O. The molecule has 1 aromatic carbocycles. The van der Waals surface area contributed by atoms with E-state index >= 15 is 0 Å². The molecule has 0 radical (unpaired) electrons. The summed E-state index contributed by atoms with van der Waals surface area (Å²) in [5.74, 6) is 5.66. The van der Waals surface area contributed by atoms with E-state index in [4.69, 9.17) is 22.2 Å². The van der Waals surface area contributed by atoms with E-state index in [-0.39, 0.29) is 6.04 Å². The van der Waals surface area contributed by atoms with Crippen LogP contribution in [-0.4, -0.2) is 12.7 Å². The number of rotatable bonds is 5.